The summed E-state index contributed by atoms with van der Waals surface area (Å²) in [5, 5.41) is 8.82. The van der Waals surface area contributed by atoms with Gasteiger partial charge in [-0.1, -0.05) is 18.2 Å². The van der Waals surface area contributed by atoms with Crippen LogP contribution in [0.25, 0.3) is 10.9 Å². The summed E-state index contributed by atoms with van der Waals surface area (Å²) in [6.45, 7) is 2.78. The van der Waals surface area contributed by atoms with Crippen molar-refractivity contribution in [3.8, 4) is 0 Å². The Kier molecular flexibility index (Phi) is 3.94. The zero-order valence-electron chi connectivity index (χ0n) is 10.5. The van der Waals surface area contributed by atoms with Crippen LogP contribution >= 0.6 is 12.2 Å². The summed E-state index contributed by atoms with van der Waals surface area (Å²) in [6, 6.07) is 8.22. The van der Waals surface area contributed by atoms with E-state index in [1.165, 1.54) is 10.9 Å². The van der Waals surface area contributed by atoms with Crippen molar-refractivity contribution in [1.29, 1.82) is 0 Å². The Morgan fingerprint density at radius 3 is 3.00 bits per heavy atom. The first-order valence-corrected chi connectivity index (χ1v) is 6.24. The SMILES string of the molecule is CCNC(=S)N/N=C\c1cn(C)c2ccccc12. The minimum atomic E-state index is 0.536. The van der Waals surface area contributed by atoms with Crippen LogP contribution in [0.2, 0.25) is 0 Å². The van der Waals surface area contributed by atoms with Gasteiger partial charge in [-0.25, -0.2) is 0 Å². The third kappa shape index (κ3) is 2.68. The third-order valence-corrected chi connectivity index (χ3v) is 2.87. The van der Waals surface area contributed by atoms with Crippen LogP contribution in [-0.4, -0.2) is 22.4 Å². The molecule has 0 aliphatic carbocycles. The van der Waals surface area contributed by atoms with Crippen molar-refractivity contribution in [2.24, 2.45) is 12.1 Å². The molecule has 2 aromatic rings. The maximum absolute atomic E-state index is 5.03. The lowest BCUT2D eigenvalue weighted by Gasteiger charge is -2.02. The highest BCUT2D eigenvalue weighted by Crippen LogP contribution is 2.18. The minimum absolute atomic E-state index is 0.536. The minimum Gasteiger partial charge on any atom is -0.362 e. The van der Waals surface area contributed by atoms with Gasteiger partial charge < -0.3 is 9.88 Å². The van der Waals surface area contributed by atoms with Crippen molar-refractivity contribution in [2.45, 2.75) is 6.92 Å². The van der Waals surface area contributed by atoms with E-state index in [1.54, 1.807) is 6.21 Å². The van der Waals surface area contributed by atoms with Gasteiger partial charge in [0.05, 0.1) is 6.21 Å². The standard InChI is InChI=1S/C13H16N4S/c1-3-14-13(18)16-15-8-10-9-17(2)12-7-5-4-6-11(10)12/h4-9H,3H2,1-2H3,(H2,14,16,18)/b15-8-. The van der Waals surface area contributed by atoms with Crippen LogP contribution in [0.5, 0.6) is 0 Å². The van der Waals surface area contributed by atoms with Gasteiger partial charge in [0, 0.05) is 36.3 Å². The first-order chi connectivity index (χ1) is 8.72. The van der Waals surface area contributed by atoms with Crippen molar-refractivity contribution >= 4 is 34.4 Å². The molecular weight excluding hydrogens is 244 g/mol. The van der Waals surface area contributed by atoms with Gasteiger partial charge in [0.25, 0.3) is 0 Å². The van der Waals surface area contributed by atoms with Gasteiger partial charge in [-0.15, -0.1) is 0 Å². The third-order valence-electron chi connectivity index (χ3n) is 2.63. The number of hydrazone groups is 1. The van der Waals surface area contributed by atoms with Crippen LogP contribution in [0.4, 0.5) is 0 Å². The molecular formula is C13H16N4S. The molecule has 2 N–H and O–H groups in total. The van der Waals surface area contributed by atoms with Crippen LogP contribution < -0.4 is 10.7 Å². The first kappa shape index (κ1) is 12.6. The predicted octanol–water partition coefficient (Wildman–Crippen LogP) is 2.00. The lowest BCUT2D eigenvalue weighted by atomic mass is 10.2. The Labute approximate surface area is 112 Å². The number of thiocarbonyl (C=S) groups is 1. The highest BCUT2D eigenvalue weighted by molar-refractivity contribution is 7.80. The number of hydrogen-bond acceptors (Lipinski definition) is 2. The Morgan fingerprint density at radius 1 is 1.44 bits per heavy atom. The first-order valence-electron chi connectivity index (χ1n) is 5.83. The molecule has 0 amide bonds. The highest BCUT2D eigenvalue weighted by Gasteiger charge is 2.02. The van der Waals surface area contributed by atoms with Crippen molar-refractivity contribution in [2.75, 3.05) is 6.54 Å². The monoisotopic (exact) mass is 260 g/mol. The fourth-order valence-electron chi connectivity index (χ4n) is 1.84. The number of hydrogen-bond donors (Lipinski definition) is 2. The van der Waals surface area contributed by atoms with Gasteiger partial charge >= 0.3 is 0 Å². The van der Waals surface area contributed by atoms with E-state index in [4.69, 9.17) is 12.2 Å². The lowest BCUT2D eigenvalue weighted by molar-refractivity contribution is 0.904. The number of nitrogens with one attached hydrogen (secondary N) is 2. The van der Waals surface area contributed by atoms with E-state index in [0.29, 0.717) is 5.11 Å². The molecule has 0 unspecified atom stereocenters. The fourth-order valence-corrected chi connectivity index (χ4v) is 2.03. The Balaban J connectivity index is 2.17. The van der Waals surface area contributed by atoms with Crippen LogP contribution in [0.1, 0.15) is 12.5 Å². The normalized spacial score (nSPS) is 11.0. The summed E-state index contributed by atoms with van der Waals surface area (Å²) in [5.41, 5.74) is 5.04. The Hall–Kier alpha value is -1.88. The molecule has 0 fully saturated rings. The molecule has 1 aromatic carbocycles. The Morgan fingerprint density at radius 2 is 2.22 bits per heavy atom. The second-order valence-electron chi connectivity index (χ2n) is 3.94. The van der Waals surface area contributed by atoms with E-state index in [-0.39, 0.29) is 0 Å². The van der Waals surface area contributed by atoms with Crippen LogP contribution in [0.3, 0.4) is 0 Å². The molecule has 1 heterocycles. The molecule has 0 radical (unpaired) electrons. The fraction of sp³-hybridized carbons (Fsp3) is 0.231. The second kappa shape index (κ2) is 5.64. The van der Waals surface area contributed by atoms with E-state index >= 15 is 0 Å². The van der Waals surface area contributed by atoms with E-state index in [0.717, 1.165) is 12.1 Å². The summed E-state index contributed by atoms with van der Waals surface area (Å²) in [7, 11) is 2.02. The predicted molar refractivity (Wildman–Crippen MR) is 79.9 cm³/mol. The Bertz CT molecular complexity index is 586. The van der Waals surface area contributed by atoms with Gasteiger partial charge in [-0.3, -0.25) is 5.43 Å². The number of rotatable bonds is 3. The van der Waals surface area contributed by atoms with Gasteiger partial charge in [0.15, 0.2) is 5.11 Å². The molecule has 5 heteroatoms. The van der Waals surface area contributed by atoms with E-state index in [9.17, 15) is 0 Å². The van der Waals surface area contributed by atoms with E-state index < -0.39 is 0 Å². The summed E-state index contributed by atoms with van der Waals surface area (Å²) < 4.78 is 2.08. The van der Waals surface area contributed by atoms with Crippen LogP contribution in [0.15, 0.2) is 35.6 Å². The summed E-state index contributed by atoms with van der Waals surface area (Å²) in [6.07, 6.45) is 3.83. The molecule has 18 heavy (non-hydrogen) atoms. The summed E-state index contributed by atoms with van der Waals surface area (Å²) in [4.78, 5) is 0. The maximum Gasteiger partial charge on any atom is 0.186 e. The van der Waals surface area contributed by atoms with Gasteiger partial charge in [0.1, 0.15) is 0 Å². The molecule has 2 rings (SSSR count). The zero-order valence-corrected chi connectivity index (χ0v) is 11.3. The number of aromatic nitrogens is 1. The maximum atomic E-state index is 5.03. The summed E-state index contributed by atoms with van der Waals surface area (Å²) >= 11 is 5.03. The van der Waals surface area contributed by atoms with Crippen LogP contribution in [-0.2, 0) is 7.05 Å². The second-order valence-corrected chi connectivity index (χ2v) is 4.35. The number of benzene rings is 1. The highest BCUT2D eigenvalue weighted by atomic mass is 32.1. The van der Waals surface area contributed by atoms with Gasteiger partial charge in [0.2, 0.25) is 0 Å². The molecule has 0 atom stereocenters. The molecule has 0 aliphatic rings. The van der Waals surface area contributed by atoms with Crippen molar-refractivity contribution in [1.82, 2.24) is 15.3 Å². The number of fused-ring (bicyclic) bond motifs is 1. The van der Waals surface area contributed by atoms with Crippen molar-refractivity contribution in [3.63, 3.8) is 0 Å². The van der Waals surface area contributed by atoms with Crippen molar-refractivity contribution in [3.05, 3.63) is 36.0 Å². The smallest absolute Gasteiger partial charge is 0.186 e. The van der Waals surface area contributed by atoms with E-state index in [1.807, 2.05) is 32.3 Å². The molecule has 94 valence electrons. The molecule has 0 saturated heterocycles. The van der Waals surface area contributed by atoms with Gasteiger partial charge in [-0.05, 0) is 25.2 Å². The van der Waals surface area contributed by atoms with Crippen molar-refractivity contribution < 1.29 is 0 Å². The largest absolute Gasteiger partial charge is 0.362 e. The lowest BCUT2D eigenvalue weighted by Crippen LogP contribution is -2.31. The average Bonchev–Trinajstić information content (AvgIpc) is 2.68. The van der Waals surface area contributed by atoms with Crippen LogP contribution in [0, 0.1) is 0 Å². The average molecular weight is 260 g/mol. The summed E-state index contributed by atoms with van der Waals surface area (Å²) in [5.74, 6) is 0. The molecule has 0 saturated carbocycles. The molecule has 0 bridgehead atoms. The molecule has 1 aromatic heterocycles. The zero-order chi connectivity index (χ0) is 13.0. The molecule has 0 aliphatic heterocycles. The number of nitrogens with zero attached hydrogens (tertiary/aromatic N) is 2. The quantitative estimate of drug-likeness (QED) is 0.504. The molecule has 0 spiro atoms. The number of para-hydroxylation sites is 1. The van der Waals surface area contributed by atoms with Gasteiger partial charge in [-0.2, -0.15) is 5.10 Å². The molecule has 4 nitrogen and oxygen atoms in total. The van der Waals surface area contributed by atoms with E-state index in [2.05, 4.69) is 32.5 Å². The topological polar surface area (TPSA) is 41.4 Å². The number of aryl methyl sites for hydroxylation is 1.